The van der Waals surface area contributed by atoms with E-state index in [9.17, 15) is 14.4 Å². The fourth-order valence-electron chi connectivity index (χ4n) is 9.42. The summed E-state index contributed by atoms with van der Waals surface area (Å²) in [5.41, 5.74) is 0. The van der Waals surface area contributed by atoms with Gasteiger partial charge in [-0.3, -0.25) is 14.4 Å². The van der Waals surface area contributed by atoms with Crippen molar-refractivity contribution in [3.8, 4) is 0 Å². The molecule has 1 unspecified atom stereocenters. The Balaban J connectivity index is 4.41. The molecule has 0 aliphatic heterocycles. The quantitative estimate of drug-likeness (QED) is 0.0261. The number of allylic oxidation sites excluding steroid dienone is 18. The number of unbranched alkanes of at least 4 members (excludes halogenated alkanes) is 32. The van der Waals surface area contributed by atoms with Crippen molar-refractivity contribution >= 4 is 17.9 Å². The Labute approximate surface area is 495 Å². The Morgan fingerprint density at radius 2 is 0.500 bits per heavy atom. The van der Waals surface area contributed by atoms with E-state index in [-0.39, 0.29) is 37.5 Å². The average molecular weight is 1110 g/mol. The van der Waals surface area contributed by atoms with Gasteiger partial charge in [0.25, 0.3) is 0 Å². The molecule has 0 aromatic carbocycles. The van der Waals surface area contributed by atoms with Crippen LogP contribution in [-0.4, -0.2) is 37.2 Å². The van der Waals surface area contributed by atoms with Gasteiger partial charge in [-0.25, -0.2) is 0 Å². The molecule has 0 rings (SSSR count). The lowest BCUT2D eigenvalue weighted by Crippen LogP contribution is -2.30. The van der Waals surface area contributed by atoms with E-state index in [1.54, 1.807) is 0 Å². The summed E-state index contributed by atoms with van der Waals surface area (Å²) >= 11 is 0. The zero-order chi connectivity index (χ0) is 57.8. The van der Waals surface area contributed by atoms with Crippen LogP contribution in [0, 0.1) is 0 Å². The van der Waals surface area contributed by atoms with Crippen LogP contribution in [0.25, 0.3) is 0 Å². The molecule has 0 saturated carbocycles. The molecule has 0 bridgehead atoms. The summed E-state index contributed by atoms with van der Waals surface area (Å²) in [4.78, 5) is 38.4. The molecule has 0 N–H and O–H groups in total. The largest absolute Gasteiger partial charge is 0.462 e. The zero-order valence-corrected chi connectivity index (χ0v) is 52.6. The third kappa shape index (κ3) is 64.9. The molecule has 0 aromatic heterocycles. The van der Waals surface area contributed by atoms with Crippen LogP contribution < -0.4 is 0 Å². The number of rotatable bonds is 61. The number of hydrogen-bond acceptors (Lipinski definition) is 6. The van der Waals surface area contributed by atoms with Crippen LogP contribution >= 0.6 is 0 Å². The molecule has 0 aliphatic rings. The van der Waals surface area contributed by atoms with Gasteiger partial charge in [-0.15, -0.1) is 0 Å². The van der Waals surface area contributed by atoms with Gasteiger partial charge < -0.3 is 14.2 Å². The predicted octanol–water partition coefficient (Wildman–Crippen LogP) is 23.4. The summed E-state index contributed by atoms with van der Waals surface area (Å²) in [7, 11) is 0. The minimum atomic E-state index is -0.815. The van der Waals surface area contributed by atoms with Crippen molar-refractivity contribution in [2.24, 2.45) is 0 Å². The fourth-order valence-corrected chi connectivity index (χ4v) is 9.42. The molecular weight excluding hydrogens is 985 g/mol. The van der Waals surface area contributed by atoms with Gasteiger partial charge in [0.05, 0.1) is 0 Å². The second kappa shape index (κ2) is 67.6. The van der Waals surface area contributed by atoms with E-state index in [0.29, 0.717) is 19.3 Å². The van der Waals surface area contributed by atoms with Crippen LogP contribution in [0.15, 0.2) is 109 Å². The van der Waals surface area contributed by atoms with E-state index in [1.807, 2.05) is 0 Å². The van der Waals surface area contributed by atoms with Crippen LogP contribution in [0.1, 0.15) is 323 Å². The van der Waals surface area contributed by atoms with Crippen LogP contribution in [0.4, 0.5) is 0 Å². The van der Waals surface area contributed by atoms with E-state index < -0.39 is 6.10 Å². The SMILES string of the molecule is CC/C=C\C/C=C\C/C=C\C/C=C\C/C=C\C/C=C\C/C=C\CCCC(=O)OC(COC(=O)CCCCCCC/C=C\CCCCCCC)COC(=O)CCCCCCCCCCCCCCC/C=C\CCCCCCCCCC. The van der Waals surface area contributed by atoms with Gasteiger partial charge in [-0.1, -0.05) is 291 Å². The Hall–Kier alpha value is -3.93. The van der Waals surface area contributed by atoms with E-state index in [1.165, 1.54) is 173 Å². The van der Waals surface area contributed by atoms with Gasteiger partial charge in [0.15, 0.2) is 6.10 Å². The molecule has 458 valence electrons. The van der Waals surface area contributed by atoms with Gasteiger partial charge in [0.1, 0.15) is 13.2 Å². The van der Waals surface area contributed by atoms with Crippen molar-refractivity contribution < 1.29 is 28.6 Å². The van der Waals surface area contributed by atoms with E-state index in [2.05, 4.69) is 130 Å². The average Bonchev–Trinajstić information content (AvgIpc) is 3.46. The number of carbonyl (C=O) groups is 3. The van der Waals surface area contributed by atoms with Crippen molar-refractivity contribution in [3.63, 3.8) is 0 Å². The Bertz CT molecular complexity index is 1610. The van der Waals surface area contributed by atoms with E-state index >= 15 is 0 Å². The highest BCUT2D eigenvalue weighted by Gasteiger charge is 2.19. The molecule has 0 heterocycles. The fraction of sp³-hybridized carbons (Fsp3) is 0.716. The molecule has 0 fully saturated rings. The van der Waals surface area contributed by atoms with Crippen molar-refractivity contribution in [1.29, 1.82) is 0 Å². The van der Waals surface area contributed by atoms with Gasteiger partial charge in [-0.2, -0.15) is 0 Å². The maximum Gasteiger partial charge on any atom is 0.306 e. The summed E-state index contributed by atoms with van der Waals surface area (Å²) in [5.74, 6) is -0.963. The molecule has 0 saturated heterocycles. The predicted molar refractivity (Wildman–Crippen MR) is 348 cm³/mol. The maximum absolute atomic E-state index is 12.9. The molecule has 0 amide bonds. The Kier molecular flexibility index (Phi) is 64.3. The van der Waals surface area contributed by atoms with Crippen molar-refractivity contribution in [1.82, 2.24) is 0 Å². The number of esters is 3. The summed E-state index contributed by atoms with van der Waals surface area (Å²) in [6.07, 6.45) is 92.6. The normalized spacial score (nSPS) is 12.8. The minimum Gasteiger partial charge on any atom is -0.462 e. The number of ether oxygens (including phenoxy) is 3. The summed E-state index contributed by atoms with van der Waals surface area (Å²) in [6, 6.07) is 0. The molecule has 0 aromatic rings. The molecule has 6 heteroatoms. The first-order valence-corrected chi connectivity index (χ1v) is 33.9. The van der Waals surface area contributed by atoms with Gasteiger partial charge in [0.2, 0.25) is 0 Å². The first-order valence-electron chi connectivity index (χ1n) is 33.9. The second-order valence-electron chi connectivity index (χ2n) is 22.3. The highest BCUT2D eigenvalue weighted by atomic mass is 16.6. The molecule has 0 spiro atoms. The van der Waals surface area contributed by atoms with Crippen molar-refractivity contribution in [2.45, 2.75) is 329 Å². The highest BCUT2D eigenvalue weighted by Crippen LogP contribution is 2.16. The Morgan fingerprint density at radius 1 is 0.263 bits per heavy atom. The summed E-state index contributed by atoms with van der Waals surface area (Å²) < 4.78 is 16.9. The summed E-state index contributed by atoms with van der Waals surface area (Å²) in [5, 5.41) is 0. The lowest BCUT2D eigenvalue weighted by Gasteiger charge is -2.18. The van der Waals surface area contributed by atoms with Gasteiger partial charge in [0, 0.05) is 19.3 Å². The van der Waals surface area contributed by atoms with Crippen molar-refractivity contribution in [2.75, 3.05) is 13.2 Å². The first-order chi connectivity index (χ1) is 39.5. The number of carbonyl (C=O) groups excluding carboxylic acids is 3. The third-order valence-electron chi connectivity index (χ3n) is 14.5. The van der Waals surface area contributed by atoms with Crippen LogP contribution in [0.5, 0.6) is 0 Å². The first kappa shape index (κ1) is 76.1. The molecule has 6 nitrogen and oxygen atoms in total. The van der Waals surface area contributed by atoms with Crippen LogP contribution in [-0.2, 0) is 28.6 Å². The van der Waals surface area contributed by atoms with Gasteiger partial charge >= 0.3 is 17.9 Å². The second-order valence-corrected chi connectivity index (χ2v) is 22.3. The highest BCUT2D eigenvalue weighted by molar-refractivity contribution is 5.71. The standard InChI is InChI=1S/C74H126O6/c1-4-7-10-13-16-19-22-25-28-30-32-34-36-37-39-40-42-44-46-49-52-55-58-61-64-67-73(76)79-70-71(69-78-72(75)66-63-60-57-54-51-48-27-24-21-18-15-12-9-6-3)80-74(77)68-65-62-59-56-53-50-47-45-43-41-38-35-33-31-29-26-23-20-17-14-11-8-5-2/h8,11,17,20,24,26-27,29-30,32-33,35,41,43,47,50,56,59,71H,4-7,9-10,12-16,18-19,21-23,25,28,31,34,36-40,42,44-46,48-49,51-55,57-58,60-70H2,1-3H3/b11-8-,20-17-,27-24-,29-26-,32-30-,35-33-,43-41-,50-47-,59-56-. The smallest absolute Gasteiger partial charge is 0.306 e. The van der Waals surface area contributed by atoms with Crippen LogP contribution in [0.3, 0.4) is 0 Å². The molecule has 0 radical (unpaired) electrons. The lowest BCUT2D eigenvalue weighted by atomic mass is 10.0. The molecule has 80 heavy (non-hydrogen) atoms. The topological polar surface area (TPSA) is 78.9 Å². The zero-order valence-electron chi connectivity index (χ0n) is 52.6. The molecular formula is C74H126O6. The molecule has 0 aliphatic carbocycles. The maximum atomic E-state index is 12.9. The van der Waals surface area contributed by atoms with E-state index in [4.69, 9.17) is 14.2 Å². The van der Waals surface area contributed by atoms with Crippen molar-refractivity contribution in [3.05, 3.63) is 109 Å². The minimum absolute atomic E-state index is 0.103. The van der Waals surface area contributed by atoms with E-state index in [0.717, 1.165) is 103 Å². The Morgan fingerprint density at radius 3 is 0.812 bits per heavy atom. The van der Waals surface area contributed by atoms with Gasteiger partial charge in [-0.05, 0) is 122 Å². The number of hydrogen-bond donors (Lipinski definition) is 0. The molecule has 1 atom stereocenters. The van der Waals surface area contributed by atoms with Crippen LogP contribution in [0.2, 0.25) is 0 Å². The summed E-state index contributed by atoms with van der Waals surface area (Å²) in [6.45, 7) is 6.49. The third-order valence-corrected chi connectivity index (χ3v) is 14.5. The lowest BCUT2D eigenvalue weighted by molar-refractivity contribution is -0.167. The monoisotopic (exact) mass is 1110 g/mol.